The van der Waals surface area contributed by atoms with Crippen molar-refractivity contribution in [1.29, 1.82) is 0 Å². The fourth-order valence-electron chi connectivity index (χ4n) is 2.18. The zero-order chi connectivity index (χ0) is 15.5. The van der Waals surface area contributed by atoms with Crippen LogP contribution in [0.5, 0.6) is 0 Å². The first kappa shape index (κ1) is 15.7. The van der Waals surface area contributed by atoms with Gasteiger partial charge >= 0.3 is 0 Å². The molecule has 2 aromatic heterocycles. The Hall–Kier alpha value is -1.71. The average molecular weight is 313 g/mol. The molecule has 0 aliphatic heterocycles. The highest BCUT2D eigenvalue weighted by atomic mass is 32.2. The van der Waals surface area contributed by atoms with Crippen LogP contribution in [0.1, 0.15) is 11.4 Å². The van der Waals surface area contributed by atoms with Crippen LogP contribution in [0.25, 0.3) is 0 Å². The maximum absolute atomic E-state index is 12.4. The molecule has 0 spiro atoms. The Morgan fingerprint density at radius 2 is 2.10 bits per heavy atom. The number of aliphatic hydroxyl groups excluding tert-OH is 1. The van der Waals surface area contributed by atoms with Gasteiger partial charge in [-0.1, -0.05) is 0 Å². The Balaban J connectivity index is 2.12. The molecule has 0 atom stereocenters. The molecule has 0 saturated carbocycles. The van der Waals surface area contributed by atoms with Gasteiger partial charge < -0.3 is 5.11 Å². The second-order valence-electron chi connectivity index (χ2n) is 4.61. The van der Waals surface area contributed by atoms with E-state index in [0.29, 0.717) is 17.9 Å². The quantitative estimate of drug-likeness (QED) is 0.728. The van der Waals surface area contributed by atoms with Gasteiger partial charge in [-0.05, 0) is 19.9 Å². The van der Waals surface area contributed by atoms with Gasteiger partial charge in [0.25, 0.3) is 0 Å². The summed E-state index contributed by atoms with van der Waals surface area (Å²) in [6, 6.07) is 1.78. The zero-order valence-corrected chi connectivity index (χ0v) is 12.8. The van der Waals surface area contributed by atoms with E-state index in [1.54, 1.807) is 37.0 Å². The van der Waals surface area contributed by atoms with Gasteiger partial charge in [-0.25, -0.2) is 13.1 Å². The molecule has 0 unspecified atom stereocenters. The summed E-state index contributed by atoms with van der Waals surface area (Å²) in [5.41, 5.74) is 0.945. The number of rotatable bonds is 7. The molecule has 21 heavy (non-hydrogen) atoms. The number of aryl methyl sites for hydroxylation is 1. The lowest BCUT2D eigenvalue weighted by Gasteiger charge is -2.08. The molecule has 9 heteroatoms. The third-order valence-electron chi connectivity index (χ3n) is 3.09. The number of hydrogen-bond donors (Lipinski definition) is 2. The van der Waals surface area contributed by atoms with Crippen molar-refractivity contribution < 1.29 is 13.5 Å². The highest BCUT2D eigenvalue weighted by molar-refractivity contribution is 7.89. The molecule has 0 saturated heterocycles. The summed E-state index contributed by atoms with van der Waals surface area (Å²) in [7, 11) is -3.63. The van der Waals surface area contributed by atoms with Gasteiger partial charge in [0.1, 0.15) is 4.90 Å². The van der Waals surface area contributed by atoms with E-state index >= 15 is 0 Å². The lowest BCUT2D eigenvalue weighted by atomic mass is 10.4. The lowest BCUT2D eigenvalue weighted by Crippen LogP contribution is -2.28. The Kier molecular flexibility index (Phi) is 4.76. The van der Waals surface area contributed by atoms with Crippen molar-refractivity contribution in [3.63, 3.8) is 0 Å². The summed E-state index contributed by atoms with van der Waals surface area (Å²) < 4.78 is 30.4. The first-order chi connectivity index (χ1) is 9.95. The lowest BCUT2D eigenvalue weighted by molar-refractivity contribution is 0.267. The molecule has 2 rings (SSSR count). The van der Waals surface area contributed by atoms with Crippen molar-refractivity contribution >= 4 is 10.0 Å². The predicted molar refractivity (Wildman–Crippen MR) is 76.2 cm³/mol. The van der Waals surface area contributed by atoms with Crippen molar-refractivity contribution in [3.8, 4) is 0 Å². The number of aliphatic hydroxyl groups is 1. The Morgan fingerprint density at radius 1 is 1.33 bits per heavy atom. The first-order valence-corrected chi connectivity index (χ1v) is 8.06. The fourth-order valence-corrected chi connectivity index (χ4v) is 3.61. The summed E-state index contributed by atoms with van der Waals surface area (Å²) >= 11 is 0. The van der Waals surface area contributed by atoms with Crippen molar-refractivity contribution in [2.45, 2.75) is 31.8 Å². The second-order valence-corrected chi connectivity index (χ2v) is 6.32. The maximum atomic E-state index is 12.4. The zero-order valence-electron chi connectivity index (χ0n) is 12.0. The van der Waals surface area contributed by atoms with Gasteiger partial charge in [-0.15, -0.1) is 0 Å². The van der Waals surface area contributed by atoms with Gasteiger partial charge in [0.15, 0.2) is 0 Å². The summed E-state index contributed by atoms with van der Waals surface area (Å²) in [5, 5.41) is 17.1. The molecule has 0 aliphatic rings. The molecule has 2 aromatic rings. The Labute approximate surface area is 123 Å². The van der Waals surface area contributed by atoms with Crippen molar-refractivity contribution in [2.75, 3.05) is 13.2 Å². The SMILES string of the molecule is Cc1nn(CCO)c(C)c1S(=O)(=O)NCCn1cccn1. The minimum atomic E-state index is -3.63. The number of sulfonamides is 1. The van der Waals surface area contributed by atoms with Gasteiger partial charge in [-0.3, -0.25) is 9.36 Å². The van der Waals surface area contributed by atoms with E-state index in [2.05, 4.69) is 14.9 Å². The minimum Gasteiger partial charge on any atom is -0.394 e. The molecular formula is C12H19N5O3S. The number of hydrogen-bond acceptors (Lipinski definition) is 5. The molecule has 2 N–H and O–H groups in total. The van der Waals surface area contributed by atoms with Gasteiger partial charge in [-0.2, -0.15) is 10.2 Å². The summed E-state index contributed by atoms with van der Waals surface area (Å²) in [4.78, 5) is 0.177. The van der Waals surface area contributed by atoms with E-state index in [4.69, 9.17) is 5.11 Å². The molecule has 0 radical (unpaired) electrons. The van der Waals surface area contributed by atoms with Crippen molar-refractivity contribution in [3.05, 3.63) is 29.8 Å². The molecule has 0 aromatic carbocycles. The monoisotopic (exact) mass is 313 g/mol. The molecule has 2 heterocycles. The average Bonchev–Trinajstić information content (AvgIpc) is 2.99. The standard InChI is InChI=1S/C12H19N5O3S/c1-10-12(11(2)17(15-10)8-9-18)21(19,20)14-5-7-16-6-3-4-13-16/h3-4,6,14,18H,5,7-9H2,1-2H3. The highest BCUT2D eigenvalue weighted by Crippen LogP contribution is 2.18. The fraction of sp³-hybridized carbons (Fsp3) is 0.500. The molecule has 0 amide bonds. The normalized spacial score (nSPS) is 12.0. The number of nitrogens with one attached hydrogen (secondary N) is 1. The van der Waals surface area contributed by atoms with E-state index in [-0.39, 0.29) is 24.6 Å². The molecular weight excluding hydrogens is 294 g/mol. The summed E-state index contributed by atoms with van der Waals surface area (Å²) in [6.45, 7) is 4.20. The van der Waals surface area contributed by atoms with Crippen LogP contribution in [-0.2, 0) is 23.1 Å². The minimum absolute atomic E-state index is 0.0891. The Morgan fingerprint density at radius 3 is 2.71 bits per heavy atom. The Bertz CT molecular complexity index is 691. The van der Waals surface area contributed by atoms with Crippen molar-refractivity contribution in [1.82, 2.24) is 24.3 Å². The van der Waals surface area contributed by atoms with Crippen LogP contribution in [-0.4, -0.2) is 46.2 Å². The van der Waals surface area contributed by atoms with Crippen LogP contribution in [0.3, 0.4) is 0 Å². The molecule has 0 fully saturated rings. The van der Waals surface area contributed by atoms with Gasteiger partial charge in [0.2, 0.25) is 10.0 Å². The van der Waals surface area contributed by atoms with Crippen molar-refractivity contribution in [2.24, 2.45) is 0 Å². The molecule has 116 valence electrons. The van der Waals surface area contributed by atoms with Crippen LogP contribution in [0.2, 0.25) is 0 Å². The number of aromatic nitrogens is 4. The third kappa shape index (κ3) is 3.49. The van der Waals surface area contributed by atoms with Crippen LogP contribution in [0.4, 0.5) is 0 Å². The van der Waals surface area contributed by atoms with E-state index in [1.165, 1.54) is 4.68 Å². The van der Waals surface area contributed by atoms with E-state index in [1.807, 2.05) is 0 Å². The molecule has 0 aliphatic carbocycles. The predicted octanol–water partition coefficient (Wildman–Crippen LogP) is -0.333. The number of nitrogens with zero attached hydrogens (tertiary/aromatic N) is 4. The van der Waals surface area contributed by atoms with Crippen LogP contribution >= 0.6 is 0 Å². The van der Waals surface area contributed by atoms with E-state index in [0.717, 1.165) is 0 Å². The smallest absolute Gasteiger partial charge is 0.244 e. The molecule has 8 nitrogen and oxygen atoms in total. The van der Waals surface area contributed by atoms with Crippen LogP contribution in [0, 0.1) is 13.8 Å². The van der Waals surface area contributed by atoms with E-state index < -0.39 is 10.0 Å². The van der Waals surface area contributed by atoms with E-state index in [9.17, 15) is 8.42 Å². The maximum Gasteiger partial charge on any atom is 0.244 e. The first-order valence-electron chi connectivity index (χ1n) is 6.57. The highest BCUT2D eigenvalue weighted by Gasteiger charge is 2.24. The topological polar surface area (TPSA) is 102 Å². The summed E-state index contributed by atoms with van der Waals surface area (Å²) in [6.07, 6.45) is 3.41. The van der Waals surface area contributed by atoms with Gasteiger partial charge in [0.05, 0.1) is 31.1 Å². The third-order valence-corrected chi connectivity index (χ3v) is 4.80. The van der Waals surface area contributed by atoms with Crippen LogP contribution < -0.4 is 4.72 Å². The molecule has 0 bridgehead atoms. The van der Waals surface area contributed by atoms with Gasteiger partial charge in [0, 0.05) is 18.9 Å². The second kappa shape index (κ2) is 6.37. The largest absolute Gasteiger partial charge is 0.394 e. The van der Waals surface area contributed by atoms with Crippen LogP contribution in [0.15, 0.2) is 23.4 Å². The summed E-state index contributed by atoms with van der Waals surface area (Å²) in [5.74, 6) is 0.